The van der Waals surface area contributed by atoms with Crippen molar-refractivity contribution in [2.75, 3.05) is 19.7 Å². The summed E-state index contributed by atoms with van der Waals surface area (Å²) >= 11 is 7.04. The van der Waals surface area contributed by atoms with Gasteiger partial charge in [0, 0.05) is 31.4 Å². The number of rotatable bonds is 7. The number of imidazole rings is 1. The van der Waals surface area contributed by atoms with Gasteiger partial charge in [-0.2, -0.15) is 0 Å². The summed E-state index contributed by atoms with van der Waals surface area (Å²) in [4.78, 5) is 24.1. The van der Waals surface area contributed by atoms with Crippen molar-refractivity contribution in [3.05, 3.63) is 69.3 Å². The standard InChI is InChI=1S/C29H28ClFN4O5S/c1-29(24-11-20(31)19(30)13-32-24)39-22-4-2-3-18(26(22)40-29)16-5-8-34(9-6-16)15-25-33-27-21(12-23(41-27)28(36)37)35(25)14-17-7-10-38-17/h2-4,11-13,16-17H,5-10,14-15H2,1H3,(H,36,37)/t17-,29+/m0/s1. The molecule has 0 aliphatic carbocycles. The van der Waals surface area contributed by atoms with Gasteiger partial charge in [0.15, 0.2) is 11.5 Å². The average Bonchev–Trinajstić information content (AvgIpc) is 3.59. The van der Waals surface area contributed by atoms with Gasteiger partial charge in [0.25, 0.3) is 5.79 Å². The minimum absolute atomic E-state index is 0.0519. The lowest BCUT2D eigenvalue weighted by atomic mass is 9.88. The molecule has 1 aromatic carbocycles. The number of piperidine rings is 1. The molecule has 1 N–H and O–H groups in total. The molecule has 0 amide bonds. The second-order valence-corrected chi connectivity index (χ2v) is 12.3. The Kier molecular flexibility index (Phi) is 6.65. The van der Waals surface area contributed by atoms with Gasteiger partial charge in [-0.05, 0) is 50.4 Å². The summed E-state index contributed by atoms with van der Waals surface area (Å²) in [5, 5.41) is 9.40. The van der Waals surface area contributed by atoms with E-state index in [0.717, 1.165) is 60.7 Å². The monoisotopic (exact) mass is 598 g/mol. The first kappa shape index (κ1) is 26.6. The minimum atomic E-state index is -1.25. The fraction of sp³-hybridized carbons (Fsp3) is 0.414. The first-order valence-corrected chi connectivity index (χ1v) is 14.9. The van der Waals surface area contributed by atoms with Crippen molar-refractivity contribution in [2.24, 2.45) is 0 Å². The van der Waals surface area contributed by atoms with Crippen molar-refractivity contribution in [1.82, 2.24) is 19.4 Å². The van der Waals surface area contributed by atoms with Gasteiger partial charge in [-0.3, -0.25) is 9.88 Å². The van der Waals surface area contributed by atoms with E-state index in [1.807, 2.05) is 12.1 Å². The Morgan fingerprint density at radius 2 is 2.05 bits per heavy atom. The molecule has 4 aromatic rings. The number of para-hydroxylation sites is 1. The normalized spacial score (nSPS) is 22.8. The molecule has 0 saturated carbocycles. The molecular formula is C29H28ClFN4O5S. The molecular weight excluding hydrogens is 571 g/mol. The third-order valence-corrected chi connectivity index (χ3v) is 9.48. The highest BCUT2D eigenvalue weighted by Gasteiger charge is 2.42. The summed E-state index contributed by atoms with van der Waals surface area (Å²) in [6.45, 7) is 5.60. The number of hydrogen-bond donors (Lipinski definition) is 1. The zero-order chi connectivity index (χ0) is 28.3. The van der Waals surface area contributed by atoms with Crippen LogP contribution in [0.15, 0.2) is 36.5 Å². The van der Waals surface area contributed by atoms with Crippen LogP contribution in [0.3, 0.4) is 0 Å². The number of carboxylic acids is 1. The van der Waals surface area contributed by atoms with Crippen LogP contribution in [-0.2, 0) is 23.6 Å². The molecule has 0 bridgehead atoms. The number of thiophene rings is 1. The Morgan fingerprint density at radius 1 is 1.24 bits per heavy atom. The van der Waals surface area contributed by atoms with Crippen LogP contribution in [0.5, 0.6) is 11.5 Å². The number of halogens is 2. The second kappa shape index (κ2) is 10.2. The zero-order valence-corrected chi connectivity index (χ0v) is 23.9. The molecule has 0 radical (unpaired) electrons. The number of hydrogen-bond acceptors (Lipinski definition) is 8. The van der Waals surface area contributed by atoms with Crippen molar-refractivity contribution in [3.8, 4) is 11.5 Å². The number of nitrogens with zero attached hydrogens (tertiary/aromatic N) is 4. The fourth-order valence-electron chi connectivity index (χ4n) is 5.86. The van der Waals surface area contributed by atoms with E-state index < -0.39 is 17.6 Å². The van der Waals surface area contributed by atoms with Gasteiger partial charge >= 0.3 is 5.97 Å². The van der Waals surface area contributed by atoms with Crippen LogP contribution in [0.1, 0.15) is 58.9 Å². The summed E-state index contributed by atoms with van der Waals surface area (Å²) in [6.07, 6.45) is 4.25. The number of aromatic nitrogens is 3. The number of carbonyl (C=O) groups is 1. The quantitative estimate of drug-likeness (QED) is 0.285. The third-order valence-electron chi connectivity index (χ3n) is 8.19. The molecule has 3 aliphatic rings. The van der Waals surface area contributed by atoms with Gasteiger partial charge < -0.3 is 23.9 Å². The molecule has 41 heavy (non-hydrogen) atoms. The van der Waals surface area contributed by atoms with Crippen LogP contribution in [-0.4, -0.2) is 56.3 Å². The Bertz CT molecular complexity index is 1650. The first-order chi connectivity index (χ1) is 19.8. The largest absolute Gasteiger partial charge is 0.477 e. The van der Waals surface area contributed by atoms with E-state index in [4.69, 9.17) is 30.8 Å². The molecule has 12 heteroatoms. The molecule has 6 heterocycles. The van der Waals surface area contributed by atoms with Crippen LogP contribution in [0.2, 0.25) is 5.02 Å². The molecule has 7 rings (SSSR count). The molecule has 3 aromatic heterocycles. The lowest BCUT2D eigenvalue weighted by Gasteiger charge is -2.33. The smallest absolute Gasteiger partial charge is 0.346 e. The maximum Gasteiger partial charge on any atom is 0.346 e. The zero-order valence-electron chi connectivity index (χ0n) is 22.3. The molecule has 214 valence electrons. The summed E-state index contributed by atoms with van der Waals surface area (Å²) in [7, 11) is 0. The summed E-state index contributed by atoms with van der Waals surface area (Å²) < 4.78 is 34.5. The number of benzene rings is 1. The first-order valence-electron chi connectivity index (χ1n) is 13.7. The summed E-state index contributed by atoms with van der Waals surface area (Å²) in [5.74, 6) is -0.251. The van der Waals surface area contributed by atoms with Crippen molar-refractivity contribution >= 4 is 39.3 Å². The predicted molar refractivity (Wildman–Crippen MR) is 150 cm³/mol. The van der Waals surface area contributed by atoms with Gasteiger partial charge in [0.2, 0.25) is 0 Å². The molecule has 2 atom stereocenters. The predicted octanol–water partition coefficient (Wildman–Crippen LogP) is 5.80. The fourth-order valence-corrected chi connectivity index (χ4v) is 6.86. The number of fused-ring (bicyclic) bond motifs is 2. The highest BCUT2D eigenvalue weighted by atomic mass is 35.5. The van der Waals surface area contributed by atoms with Crippen LogP contribution >= 0.6 is 22.9 Å². The van der Waals surface area contributed by atoms with Gasteiger partial charge in [-0.15, -0.1) is 11.3 Å². The van der Waals surface area contributed by atoms with E-state index in [1.54, 1.807) is 13.0 Å². The number of likely N-dealkylation sites (tertiary alicyclic amines) is 1. The van der Waals surface area contributed by atoms with Crippen LogP contribution in [0.25, 0.3) is 10.3 Å². The Morgan fingerprint density at radius 3 is 2.76 bits per heavy atom. The Labute approximate surface area is 244 Å². The second-order valence-electron chi connectivity index (χ2n) is 10.9. The van der Waals surface area contributed by atoms with E-state index in [9.17, 15) is 14.3 Å². The Hall–Kier alpha value is -3.25. The Balaban J connectivity index is 1.06. The van der Waals surface area contributed by atoms with Crippen molar-refractivity contribution < 1.29 is 28.5 Å². The lowest BCUT2D eigenvalue weighted by molar-refractivity contribution is -0.0724. The minimum Gasteiger partial charge on any atom is -0.477 e. The average molecular weight is 599 g/mol. The van der Waals surface area contributed by atoms with Crippen LogP contribution < -0.4 is 9.47 Å². The maximum absolute atomic E-state index is 14.2. The molecule has 3 aliphatic heterocycles. The SMILES string of the molecule is C[C@@]1(c2cc(F)c(Cl)cn2)Oc2cccc(C3CCN(Cc4nc5sc(C(=O)O)cc5n4C[C@@H]4CCO4)CC3)c2O1. The van der Waals surface area contributed by atoms with Gasteiger partial charge in [-0.1, -0.05) is 23.7 Å². The van der Waals surface area contributed by atoms with Crippen molar-refractivity contribution in [2.45, 2.75) is 57.1 Å². The molecule has 2 saturated heterocycles. The lowest BCUT2D eigenvalue weighted by Crippen LogP contribution is -2.35. The van der Waals surface area contributed by atoms with Gasteiger partial charge in [0.05, 0.1) is 29.7 Å². The summed E-state index contributed by atoms with van der Waals surface area (Å²) in [6, 6.07) is 8.87. The van der Waals surface area contributed by atoms with Crippen LogP contribution in [0, 0.1) is 5.82 Å². The number of carboxylic acid groups (broad SMARTS) is 1. The van der Waals surface area contributed by atoms with Gasteiger partial charge in [-0.25, -0.2) is 14.2 Å². The molecule has 0 unspecified atom stereocenters. The van der Waals surface area contributed by atoms with Crippen molar-refractivity contribution in [1.29, 1.82) is 0 Å². The number of ether oxygens (including phenoxy) is 3. The number of pyridine rings is 1. The van der Waals surface area contributed by atoms with E-state index in [2.05, 4.69) is 20.5 Å². The van der Waals surface area contributed by atoms with Crippen molar-refractivity contribution in [3.63, 3.8) is 0 Å². The van der Waals surface area contributed by atoms with Crippen LogP contribution in [0.4, 0.5) is 4.39 Å². The third kappa shape index (κ3) is 4.84. The van der Waals surface area contributed by atoms with Gasteiger partial charge in [0.1, 0.15) is 27.0 Å². The molecule has 9 nitrogen and oxygen atoms in total. The molecule has 0 spiro atoms. The van der Waals surface area contributed by atoms with E-state index in [-0.39, 0.29) is 17.0 Å². The topological polar surface area (TPSA) is 98.9 Å². The molecule has 2 fully saturated rings. The van der Waals surface area contributed by atoms with E-state index in [0.29, 0.717) is 35.2 Å². The highest BCUT2D eigenvalue weighted by Crippen LogP contribution is 2.49. The van der Waals surface area contributed by atoms with E-state index in [1.165, 1.54) is 23.6 Å². The summed E-state index contributed by atoms with van der Waals surface area (Å²) in [5.41, 5.74) is 2.25. The maximum atomic E-state index is 14.2. The van der Waals surface area contributed by atoms with E-state index >= 15 is 0 Å². The number of aromatic carboxylic acids is 1. The highest BCUT2D eigenvalue weighted by molar-refractivity contribution is 7.20.